The van der Waals surface area contributed by atoms with Crippen molar-refractivity contribution in [2.24, 2.45) is 0 Å². The Morgan fingerprint density at radius 2 is 0.861 bits per heavy atom. The predicted octanol–water partition coefficient (Wildman–Crippen LogP) is 2.01. The monoisotopic (exact) mass is 496 g/mol. The topological polar surface area (TPSA) is 122 Å². The third-order valence-corrected chi connectivity index (χ3v) is 6.72. The molecule has 0 bridgehead atoms. The maximum Gasteiger partial charge on any atom is 0.326 e. The molecular formula is C26H32N4O6. The molecule has 2 heterocycles. The SMILES string of the molecule is CN1C(=O)N(C)[C@@H](c2ccccc2)[C@@](C)(O)C1=O.CN1C(=O)N(C)[C@@H](c2ccccc2)[C@@](C)(O)C1=O. The van der Waals surface area contributed by atoms with Crippen LogP contribution in [0.4, 0.5) is 9.59 Å². The minimum atomic E-state index is -1.63. The van der Waals surface area contributed by atoms with Crippen LogP contribution in [0.25, 0.3) is 0 Å². The maximum atomic E-state index is 12.0. The van der Waals surface area contributed by atoms with Crippen LogP contribution in [-0.4, -0.2) is 93.1 Å². The van der Waals surface area contributed by atoms with Crippen LogP contribution in [0.2, 0.25) is 0 Å². The minimum Gasteiger partial charge on any atom is -0.378 e. The lowest BCUT2D eigenvalue weighted by Crippen LogP contribution is -2.63. The van der Waals surface area contributed by atoms with Crippen LogP contribution in [-0.2, 0) is 9.59 Å². The molecule has 0 radical (unpaired) electrons. The van der Waals surface area contributed by atoms with E-state index in [1.54, 1.807) is 38.4 Å². The molecule has 6 amide bonds. The Bertz CT molecular complexity index is 1060. The summed E-state index contributed by atoms with van der Waals surface area (Å²) in [7, 11) is 5.91. The fraction of sp³-hybridized carbons (Fsp3) is 0.385. The largest absolute Gasteiger partial charge is 0.378 e. The highest BCUT2D eigenvalue weighted by Crippen LogP contribution is 2.37. The molecule has 36 heavy (non-hydrogen) atoms. The molecule has 192 valence electrons. The normalized spacial score (nSPS) is 28.8. The first-order chi connectivity index (χ1) is 16.7. The van der Waals surface area contributed by atoms with Gasteiger partial charge in [0.05, 0.1) is 12.1 Å². The first-order valence-electron chi connectivity index (χ1n) is 11.4. The summed E-state index contributed by atoms with van der Waals surface area (Å²) in [4.78, 5) is 52.5. The van der Waals surface area contributed by atoms with Crippen molar-refractivity contribution in [1.29, 1.82) is 0 Å². The van der Waals surface area contributed by atoms with Gasteiger partial charge in [-0.3, -0.25) is 19.4 Å². The van der Waals surface area contributed by atoms with Crippen molar-refractivity contribution < 1.29 is 29.4 Å². The molecular weight excluding hydrogens is 464 g/mol. The van der Waals surface area contributed by atoms with E-state index < -0.39 is 47.2 Å². The van der Waals surface area contributed by atoms with Crippen molar-refractivity contribution in [3.8, 4) is 0 Å². The van der Waals surface area contributed by atoms with E-state index >= 15 is 0 Å². The minimum absolute atomic E-state index is 0.416. The predicted molar refractivity (Wildman–Crippen MR) is 131 cm³/mol. The number of carbonyl (C=O) groups is 4. The van der Waals surface area contributed by atoms with E-state index in [9.17, 15) is 29.4 Å². The molecule has 0 unspecified atom stereocenters. The number of nitrogens with zero attached hydrogens (tertiary/aromatic N) is 4. The molecule has 2 N–H and O–H groups in total. The van der Waals surface area contributed by atoms with Gasteiger partial charge >= 0.3 is 12.1 Å². The van der Waals surface area contributed by atoms with E-state index in [-0.39, 0.29) is 0 Å². The highest BCUT2D eigenvalue weighted by Gasteiger charge is 2.52. The van der Waals surface area contributed by atoms with Crippen molar-refractivity contribution in [1.82, 2.24) is 19.6 Å². The molecule has 2 fully saturated rings. The van der Waals surface area contributed by atoms with E-state index in [4.69, 9.17) is 0 Å². The number of likely N-dealkylation sites (N-methyl/N-ethyl adjacent to an activating group) is 4. The second-order valence-electron chi connectivity index (χ2n) is 9.44. The third kappa shape index (κ3) is 4.45. The number of amides is 6. The fourth-order valence-corrected chi connectivity index (χ4v) is 4.90. The molecule has 4 rings (SSSR count). The summed E-state index contributed by atoms with van der Waals surface area (Å²) in [5.74, 6) is -1.17. The van der Waals surface area contributed by atoms with E-state index in [1.165, 1.54) is 37.7 Å². The van der Waals surface area contributed by atoms with E-state index in [0.717, 1.165) is 20.9 Å². The maximum absolute atomic E-state index is 12.0. The number of imide groups is 2. The quantitative estimate of drug-likeness (QED) is 0.656. The Balaban J connectivity index is 0.000000201. The van der Waals surface area contributed by atoms with Crippen LogP contribution in [0.15, 0.2) is 60.7 Å². The Labute approximate surface area is 210 Å². The molecule has 0 spiro atoms. The Morgan fingerprint density at radius 1 is 0.583 bits per heavy atom. The number of rotatable bonds is 2. The zero-order valence-electron chi connectivity index (χ0n) is 21.2. The standard InChI is InChI=1S/2C13H16N2O3/c2*1-13(18)10(9-7-5-4-6-8-9)14(2)12(17)15(3)11(13)16/h2*4-8,10,18H,1-3H3/t2*10-,13+/m00/s1. The first kappa shape index (κ1) is 26.8. The second kappa shape index (κ2) is 9.71. The number of carbonyl (C=O) groups excluding carboxylic acids is 4. The fourth-order valence-electron chi connectivity index (χ4n) is 4.90. The Hall–Kier alpha value is -3.76. The van der Waals surface area contributed by atoms with Crippen molar-refractivity contribution in [3.05, 3.63) is 71.8 Å². The molecule has 4 atom stereocenters. The molecule has 0 aliphatic carbocycles. The van der Waals surface area contributed by atoms with Gasteiger partial charge in [-0.05, 0) is 25.0 Å². The summed E-state index contributed by atoms with van der Waals surface area (Å²) in [6, 6.07) is 15.9. The van der Waals surface area contributed by atoms with E-state index in [1.807, 2.05) is 36.4 Å². The van der Waals surface area contributed by atoms with Gasteiger partial charge in [0.1, 0.15) is 0 Å². The van der Waals surface area contributed by atoms with Gasteiger partial charge in [-0.15, -0.1) is 0 Å². The molecule has 10 heteroatoms. The summed E-state index contributed by atoms with van der Waals surface area (Å²) in [5.41, 5.74) is -1.78. The number of hydrogen-bond donors (Lipinski definition) is 2. The number of urea groups is 2. The van der Waals surface area contributed by atoms with Gasteiger partial charge < -0.3 is 20.0 Å². The highest BCUT2D eigenvalue weighted by molar-refractivity contribution is 6.02. The molecule has 0 aromatic heterocycles. The lowest BCUT2D eigenvalue weighted by Gasteiger charge is -2.45. The summed E-state index contributed by atoms with van der Waals surface area (Å²) in [6.45, 7) is 2.87. The van der Waals surface area contributed by atoms with Crippen molar-refractivity contribution >= 4 is 23.9 Å². The Kier molecular flexibility index (Phi) is 7.24. The summed E-state index contributed by atoms with van der Waals surface area (Å²) in [5, 5.41) is 20.9. The van der Waals surface area contributed by atoms with Crippen LogP contribution in [0.5, 0.6) is 0 Å². The average molecular weight is 497 g/mol. The molecule has 2 aliphatic rings. The van der Waals surface area contributed by atoms with Crippen molar-refractivity contribution in [3.63, 3.8) is 0 Å². The van der Waals surface area contributed by atoms with Crippen LogP contribution in [0.3, 0.4) is 0 Å². The smallest absolute Gasteiger partial charge is 0.326 e. The third-order valence-electron chi connectivity index (χ3n) is 6.72. The lowest BCUT2D eigenvalue weighted by atomic mass is 9.86. The van der Waals surface area contributed by atoms with Gasteiger partial charge in [-0.1, -0.05) is 60.7 Å². The zero-order chi connectivity index (χ0) is 27.0. The number of benzene rings is 2. The molecule has 2 saturated heterocycles. The van der Waals surface area contributed by atoms with Crippen LogP contribution in [0.1, 0.15) is 37.1 Å². The molecule has 0 saturated carbocycles. The van der Waals surface area contributed by atoms with Crippen molar-refractivity contribution in [2.45, 2.75) is 37.1 Å². The Morgan fingerprint density at radius 3 is 1.14 bits per heavy atom. The molecule has 2 aromatic rings. The second-order valence-corrected chi connectivity index (χ2v) is 9.44. The van der Waals surface area contributed by atoms with Crippen LogP contribution < -0.4 is 0 Å². The van der Waals surface area contributed by atoms with Crippen LogP contribution >= 0.6 is 0 Å². The lowest BCUT2D eigenvalue weighted by molar-refractivity contribution is -0.158. The van der Waals surface area contributed by atoms with E-state index in [0.29, 0.717) is 0 Å². The average Bonchev–Trinajstić information content (AvgIpc) is 2.86. The zero-order valence-corrected chi connectivity index (χ0v) is 21.2. The number of hydrogen-bond acceptors (Lipinski definition) is 6. The van der Waals surface area contributed by atoms with Crippen LogP contribution in [0, 0.1) is 0 Å². The van der Waals surface area contributed by atoms with Crippen molar-refractivity contribution in [2.75, 3.05) is 28.2 Å². The van der Waals surface area contributed by atoms with Gasteiger partial charge in [0.25, 0.3) is 11.8 Å². The van der Waals surface area contributed by atoms with Gasteiger partial charge in [-0.2, -0.15) is 0 Å². The number of aliphatic hydroxyl groups is 2. The summed E-state index contributed by atoms with van der Waals surface area (Å²) in [6.07, 6.45) is 0. The molecule has 2 aliphatic heterocycles. The first-order valence-corrected chi connectivity index (χ1v) is 11.4. The van der Waals surface area contributed by atoms with Gasteiger partial charge in [0, 0.05) is 28.2 Å². The van der Waals surface area contributed by atoms with Gasteiger partial charge in [0.15, 0.2) is 11.2 Å². The molecule has 10 nitrogen and oxygen atoms in total. The highest BCUT2D eigenvalue weighted by atomic mass is 16.3. The molecule has 2 aromatic carbocycles. The van der Waals surface area contributed by atoms with Gasteiger partial charge in [-0.25, -0.2) is 9.59 Å². The summed E-state index contributed by atoms with van der Waals surface area (Å²) < 4.78 is 0. The summed E-state index contributed by atoms with van der Waals surface area (Å²) >= 11 is 0. The van der Waals surface area contributed by atoms with E-state index in [2.05, 4.69) is 0 Å². The van der Waals surface area contributed by atoms with Gasteiger partial charge in [0.2, 0.25) is 0 Å².